The fourth-order valence-electron chi connectivity index (χ4n) is 3.09. The molecule has 1 aliphatic heterocycles. The van der Waals surface area contributed by atoms with E-state index in [0.717, 1.165) is 45.1 Å². The molecule has 0 bridgehead atoms. The number of halogens is 1. The first-order valence-electron chi connectivity index (χ1n) is 8.81. The van der Waals surface area contributed by atoms with Crippen molar-refractivity contribution in [2.45, 2.75) is 6.54 Å². The van der Waals surface area contributed by atoms with Gasteiger partial charge in [-0.1, -0.05) is 0 Å². The van der Waals surface area contributed by atoms with Gasteiger partial charge in [0, 0.05) is 31.2 Å². The Morgan fingerprint density at radius 2 is 2.07 bits per heavy atom. The lowest BCUT2D eigenvalue weighted by molar-refractivity contribution is 0.0360. The van der Waals surface area contributed by atoms with Gasteiger partial charge < -0.3 is 14.8 Å². The summed E-state index contributed by atoms with van der Waals surface area (Å²) in [4.78, 5) is 10.6. The van der Waals surface area contributed by atoms with Crippen molar-refractivity contribution >= 4 is 22.4 Å². The van der Waals surface area contributed by atoms with E-state index in [1.165, 1.54) is 13.4 Å². The van der Waals surface area contributed by atoms with Crippen LogP contribution in [0.3, 0.4) is 0 Å². The fourth-order valence-corrected chi connectivity index (χ4v) is 3.09. The maximum atomic E-state index is 14.4. The molecule has 0 radical (unpaired) electrons. The average molecular weight is 372 g/mol. The highest BCUT2D eigenvalue weighted by Crippen LogP contribution is 2.29. The average Bonchev–Trinajstić information content (AvgIpc) is 3.15. The van der Waals surface area contributed by atoms with E-state index in [4.69, 9.17) is 9.47 Å². The summed E-state index contributed by atoms with van der Waals surface area (Å²) in [5, 5.41) is 8.16. The standard InChI is InChI=1S/C18H21FN6O2/c1-26-15-3-2-14-17(16(15)19)20-12-21-18(14)23-13-10-22-25(11-13)5-4-24-6-8-27-9-7-24/h2-3,10-12H,4-9H2,1H3,(H,20,21,23). The monoisotopic (exact) mass is 372 g/mol. The Morgan fingerprint density at radius 3 is 2.89 bits per heavy atom. The molecular formula is C18H21FN6O2. The number of anilines is 2. The molecule has 8 nitrogen and oxygen atoms in total. The number of methoxy groups -OCH3 is 1. The van der Waals surface area contributed by atoms with Crippen LogP contribution in [0.2, 0.25) is 0 Å². The van der Waals surface area contributed by atoms with Gasteiger partial charge in [0.15, 0.2) is 11.6 Å². The van der Waals surface area contributed by atoms with E-state index in [-0.39, 0.29) is 11.3 Å². The Kier molecular flexibility index (Phi) is 5.12. The highest BCUT2D eigenvalue weighted by molar-refractivity contribution is 5.91. The molecule has 1 aromatic carbocycles. The zero-order chi connectivity index (χ0) is 18.6. The quantitative estimate of drug-likeness (QED) is 0.710. The van der Waals surface area contributed by atoms with Crippen molar-refractivity contribution in [2.75, 3.05) is 45.3 Å². The van der Waals surface area contributed by atoms with Crippen LogP contribution in [0.5, 0.6) is 5.75 Å². The molecule has 1 fully saturated rings. The minimum Gasteiger partial charge on any atom is -0.494 e. The minimum atomic E-state index is -0.498. The van der Waals surface area contributed by atoms with Crippen LogP contribution in [0.1, 0.15) is 0 Å². The molecule has 0 aliphatic carbocycles. The van der Waals surface area contributed by atoms with E-state index in [9.17, 15) is 4.39 Å². The highest BCUT2D eigenvalue weighted by Gasteiger charge is 2.14. The van der Waals surface area contributed by atoms with Crippen LogP contribution in [-0.2, 0) is 11.3 Å². The SMILES string of the molecule is COc1ccc2c(Nc3cnn(CCN4CCOCC4)c3)ncnc2c1F. The summed E-state index contributed by atoms with van der Waals surface area (Å²) in [6.45, 7) is 5.19. The van der Waals surface area contributed by atoms with Gasteiger partial charge in [-0.3, -0.25) is 9.58 Å². The lowest BCUT2D eigenvalue weighted by Gasteiger charge is -2.26. The van der Waals surface area contributed by atoms with Crippen molar-refractivity contribution in [3.63, 3.8) is 0 Å². The van der Waals surface area contributed by atoms with Crippen LogP contribution < -0.4 is 10.1 Å². The van der Waals surface area contributed by atoms with Crippen molar-refractivity contribution in [1.82, 2.24) is 24.6 Å². The van der Waals surface area contributed by atoms with Crippen LogP contribution in [0.25, 0.3) is 10.9 Å². The third-order valence-corrected chi connectivity index (χ3v) is 4.57. The van der Waals surface area contributed by atoms with Crippen LogP contribution in [0.15, 0.2) is 30.9 Å². The molecule has 0 amide bonds. The van der Waals surface area contributed by atoms with Gasteiger partial charge in [-0.05, 0) is 12.1 Å². The summed E-state index contributed by atoms with van der Waals surface area (Å²) in [6.07, 6.45) is 4.97. The summed E-state index contributed by atoms with van der Waals surface area (Å²) in [5.74, 6) is 0.180. The lowest BCUT2D eigenvalue weighted by atomic mass is 10.2. The number of fused-ring (bicyclic) bond motifs is 1. The first-order valence-corrected chi connectivity index (χ1v) is 8.81. The minimum absolute atomic E-state index is 0.156. The smallest absolute Gasteiger partial charge is 0.191 e. The van der Waals surface area contributed by atoms with Gasteiger partial charge in [0.2, 0.25) is 0 Å². The van der Waals surface area contributed by atoms with Crippen molar-refractivity contribution in [3.8, 4) is 5.75 Å². The molecule has 3 aromatic rings. The molecule has 2 aromatic heterocycles. The van der Waals surface area contributed by atoms with E-state index in [1.54, 1.807) is 18.3 Å². The molecule has 0 saturated carbocycles. The predicted octanol–water partition coefficient (Wildman–Crippen LogP) is 2.05. The Morgan fingerprint density at radius 1 is 1.22 bits per heavy atom. The molecule has 1 aliphatic rings. The van der Waals surface area contributed by atoms with Gasteiger partial charge in [-0.2, -0.15) is 5.10 Å². The Bertz CT molecular complexity index is 925. The second-order valence-corrected chi connectivity index (χ2v) is 6.27. The molecule has 4 rings (SSSR count). The molecule has 1 saturated heterocycles. The maximum Gasteiger partial charge on any atom is 0.191 e. The fraction of sp³-hybridized carbons (Fsp3) is 0.389. The van der Waals surface area contributed by atoms with Crippen molar-refractivity contribution in [3.05, 3.63) is 36.7 Å². The number of benzene rings is 1. The van der Waals surface area contributed by atoms with Gasteiger partial charge in [0.05, 0.1) is 38.8 Å². The summed E-state index contributed by atoms with van der Waals surface area (Å²) < 4.78 is 26.6. The zero-order valence-electron chi connectivity index (χ0n) is 15.1. The normalized spacial score (nSPS) is 15.2. The second-order valence-electron chi connectivity index (χ2n) is 6.27. The summed E-state index contributed by atoms with van der Waals surface area (Å²) in [7, 11) is 1.43. The molecule has 1 N–H and O–H groups in total. The number of rotatable bonds is 6. The van der Waals surface area contributed by atoms with Crippen LogP contribution >= 0.6 is 0 Å². The van der Waals surface area contributed by atoms with Gasteiger partial charge >= 0.3 is 0 Å². The number of nitrogens with one attached hydrogen (secondary N) is 1. The van der Waals surface area contributed by atoms with Crippen LogP contribution in [-0.4, -0.2) is 64.6 Å². The Labute approximate surface area is 155 Å². The van der Waals surface area contributed by atoms with E-state index >= 15 is 0 Å². The molecule has 9 heteroatoms. The van der Waals surface area contributed by atoms with Crippen molar-refractivity contribution in [2.24, 2.45) is 0 Å². The Balaban J connectivity index is 1.48. The molecule has 0 unspecified atom stereocenters. The number of morpholine rings is 1. The highest BCUT2D eigenvalue weighted by atomic mass is 19.1. The summed E-state index contributed by atoms with van der Waals surface area (Å²) in [6, 6.07) is 3.31. The predicted molar refractivity (Wildman–Crippen MR) is 98.8 cm³/mol. The Hall–Kier alpha value is -2.78. The van der Waals surface area contributed by atoms with E-state index in [2.05, 4.69) is 25.3 Å². The number of hydrogen-bond donors (Lipinski definition) is 1. The molecular weight excluding hydrogens is 351 g/mol. The van der Waals surface area contributed by atoms with Crippen LogP contribution in [0, 0.1) is 5.82 Å². The number of ether oxygens (including phenoxy) is 2. The number of nitrogens with zero attached hydrogens (tertiary/aromatic N) is 5. The van der Waals surface area contributed by atoms with Crippen molar-refractivity contribution in [1.29, 1.82) is 0 Å². The van der Waals surface area contributed by atoms with Crippen molar-refractivity contribution < 1.29 is 13.9 Å². The van der Waals surface area contributed by atoms with E-state index in [0.29, 0.717) is 11.2 Å². The topological polar surface area (TPSA) is 77.3 Å². The largest absolute Gasteiger partial charge is 0.494 e. The third kappa shape index (κ3) is 3.83. The van der Waals surface area contributed by atoms with Gasteiger partial charge in [0.25, 0.3) is 0 Å². The summed E-state index contributed by atoms with van der Waals surface area (Å²) in [5.41, 5.74) is 1.000. The van der Waals surface area contributed by atoms with E-state index in [1.807, 2.05) is 10.9 Å². The lowest BCUT2D eigenvalue weighted by Crippen LogP contribution is -2.38. The molecule has 142 valence electrons. The number of aromatic nitrogens is 4. The molecule has 0 atom stereocenters. The molecule has 3 heterocycles. The maximum absolute atomic E-state index is 14.4. The third-order valence-electron chi connectivity index (χ3n) is 4.57. The zero-order valence-corrected chi connectivity index (χ0v) is 15.1. The first-order chi connectivity index (χ1) is 13.2. The summed E-state index contributed by atoms with van der Waals surface area (Å²) >= 11 is 0. The molecule has 27 heavy (non-hydrogen) atoms. The van der Waals surface area contributed by atoms with Gasteiger partial charge in [0.1, 0.15) is 17.7 Å². The second kappa shape index (κ2) is 7.85. The molecule has 0 spiro atoms. The number of hydrogen-bond acceptors (Lipinski definition) is 7. The van der Waals surface area contributed by atoms with E-state index < -0.39 is 5.82 Å². The van der Waals surface area contributed by atoms with Crippen LogP contribution in [0.4, 0.5) is 15.9 Å². The van der Waals surface area contributed by atoms with Gasteiger partial charge in [-0.25, -0.2) is 14.4 Å². The first kappa shape index (κ1) is 17.6. The van der Waals surface area contributed by atoms with Gasteiger partial charge in [-0.15, -0.1) is 0 Å².